The Balaban J connectivity index is 1.46. The first kappa shape index (κ1) is 25.4. The maximum absolute atomic E-state index is 12.7. The number of esters is 1. The number of carbonyl (C=O) groups excluding carboxylic acids is 2. The van der Waals surface area contributed by atoms with E-state index in [4.69, 9.17) is 18.6 Å². The van der Waals surface area contributed by atoms with E-state index in [0.29, 0.717) is 29.9 Å². The lowest BCUT2D eigenvalue weighted by Gasteiger charge is -2.26. The van der Waals surface area contributed by atoms with Gasteiger partial charge in [-0.05, 0) is 43.3 Å². The largest absolute Gasteiger partial charge is 0.457 e. The van der Waals surface area contributed by atoms with E-state index in [0.717, 1.165) is 0 Å². The van der Waals surface area contributed by atoms with Crippen LogP contribution < -0.4 is 10.9 Å². The fourth-order valence-electron chi connectivity index (χ4n) is 3.64. The van der Waals surface area contributed by atoms with Gasteiger partial charge in [-0.2, -0.15) is 4.31 Å². The Kier molecular flexibility index (Phi) is 7.67. The molecule has 0 spiro atoms. The zero-order valence-corrected chi connectivity index (χ0v) is 20.2. The number of amides is 1. The highest BCUT2D eigenvalue weighted by Crippen LogP contribution is 2.23. The molecule has 1 N–H and O–H groups in total. The molecule has 1 aliphatic heterocycles. The predicted octanol–water partition coefficient (Wildman–Crippen LogP) is 2.74. The molecular weight excluding hydrogens is 492 g/mol. The molecule has 1 fully saturated rings. The van der Waals surface area contributed by atoms with Gasteiger partial charge in [-0.25, -0.2) is 22.8 Å². The topological polar surface area (TPSA) is 141 Å². The third-order valence-corrected chi connectivity index (χ3v) is 7.32. The van der Waals surface area contributed by atoms with Crippen molar-refractivity contribution in [3.63, 3.8) is 0 Å². The lowest BCUT2D eigenvalue weighted by atomic mass is 10.1. The Morgan fingerprint density at radius 2 is 1.75 bits per heavy atom. The van der Waals surface area contributed by atoms with E-state index in [-0.39, 0.29) is 42.3 Å². The molecule has 1 aliphatic rings. The third kappa shape index (κ3) is 5.73. The summed E-state index contributed by atoms with van der Waals surface area (Å²) < 4.78 is 47.4. The van der Waals surface area contributed by atoms with Gasteiger partial charge in [0.05, 0.1) is 30.3 Å². The second-order valence-corrected chi connectivity index (χ2v) is 9.70. The van der Waals surface area contributed by atoms with E-state index in [9.17, 15) is 22.8 Å². The lowest BCUT2D eigenvalue weighted by Crippen LogP contribution is -2.40. The van der Waals surface area contributed by atoms with Gasteiger partial charge in [0.25, 0.3) is 0 Å². The summed E-state index contributed by atoms with van der Waals surface area (Å²) in [6.07, 6.45) is -0.645. The Labute approximate surface area is 206 Å². The highest BCUT2D eigenvalue weighted by Gasteiger charge is 2.26. The zero-order valence-electron chi connectivity index (χ0n) is 19.4. The molecule has 0 aliphatic carbocycles. The van der Waals surface area contributed by atoms with Crippen LogP contribution in [0.1, 0.15) is 22.8 Å². The van der Waals surface area contributed by atoms with E-state index in [1.807, 2.05) is 0 Å². The van der Waals surface area contributed by atoms with E-state index < -0.39 is 27.7 Å². The average molecular weight is 517 g/mol. The van der Waals surface area contributed by atoms with Gasteiger partial charge < -0.3 is 18.6 Å². The van der Waals surface area contributed by atoms with Crippen LogP contribution in [0.3, 0.4) is 0 Å². The van der Waals surface area contributed by atoms with Crippen molar-refractivity contribution in [2.75, 3.05) is 38.2 Å². The second-order valence-electron chi connectivity index (χ2n) is 7.76. The van der Waals surface area contributed by atoms with Crippen LogP contribution in [-0.2, 0) is 30.8 Å². The van der Waals surface area contributed by atoms with Crippen molar-refractivity contribution in [2.24, 2.45) is 0 Å². The first-order valence-electron chi connectivity index (χ1n) is 11.1. The van der Waals surface area contributed by atoms with Crippen LogP contribution >= 0.6 is 0 Å². The maximum Gasteiger partial charge on any atom is 0.411 e. The first-order chi connectivity index (χ1) is 17.3. The van der Waals surface area contributed by atoms with Crippen molar-refractivity contribution >= 4 is 38.7 Å². The Morgan fingerprint density at radius 3 is 2.44 bits per heavy atom. The molecule has 0 unspecified atom stereocenters. The van der Waals surface area contributed by atoms with Gasteiger partial charge in [0.1, 0.15) is 12.2 Å². The molecule has 2 aromatic carbocycles. The molecule has 0 saturated carbocycles. The van der Waals surface area contributed by atoms with Gasteiger partial charge in [0, 0.05) is 41.9 Å². The number of anilines is 1. The van der Waals surface area contributed by atoms with Crippen molar-refractivity contribution in [2.45, 2.75) is 18.4 Å². The average Bonchev–Trinajstić information content (AvgIpc) is 2.87. The number of fused-ring (bicyclic) bond motifs is 1. The third-order valence-electron chi connectivity index (χ3n) is 5.41. The van der Waals surface area contributed by atoms with Crippen LogP contribution in [0.2, 0.25) is 0 Å². The highest BCUT2D eigenvalue weighted by atomic mass is 32.2. The standard InChI is InChI=1S/C24H24N2O9S/c1-2-33-24(29)25-18-5-8-20-17(13-22(27)35-21(20)14-18)15-34-23(28)16-3-6-19(7-4-16)36(30,31)26-9-11-32-12-10-26/h3-8,13-14H,2,9-12,15H2,1H3,(H,25,29). The normalized spacial score (nSPS) is 14.4. The zero-order chi connectivity index (χ0) is 25.7. The van der Waals surface area contributed by atoms with E-state index >= 15 is 0 Å². The van der Waals surface area contributed by atoms with Crippen molar-refractivity contribution < 1.29 is 36.6 Å². The summed E-state index contributed by atoms with van der Waals surface area (Å²) >= 11 is 0. The molecule has 36 heavy (non-hydrogen) atoms. The molecule has 0 radical (unpaired) electrons. The minimum atomic E-state index is -3.68. The molecular formula is C24H24N2O9S. The summed E-state index contributed by atoms with van der Waals surface area (Å²) in [5.41, 5.74) is 0.471. The van der Waals surface area contributed by atoms with Gasteiger partial charge in [0.2, 0.25) is 10.0 Å². The van der Waals surface area contributed by atoms with Crippen molar-refractivity contribution in [1.82, 2.24) is 4.31 Å². The van der Waals surface area contributed by atoms with Crippen LogP contribution in [0.5, 0.6) is 0 Å². The molecule has 2 heterocycles. The van der Waals surface area contributed by atoms with E-state index in [1.54, 1.807) is 19.1 Å². The van der Waals surface area contributed by atoms with Crippen LogP contribution in [0.15, 0.2) is 62.6 Å². The van der Waals surface area contributed by atoms with Gasteiger partial charge in [-0.3, -0.25) is 5.32 Å². The van der Waals surface area contributed by atoms with Crippen LogP contribution in [-0.4, -0.2) is 57.7 Å². The van der Waals surface area contributed by atoms with Crippen LogP contribution in [0, 0.1) is 0 Å². The van der Waals surface area contributed by atoms with Gasteiger partial charge >= 0.3 is 17.7 Å². The van der Waals surface area contributed by atoms with Crippen molar-refractivity contribution in [3.8, 4) is 0 Å². The molecule has 0 bridgehead atoms. The fourth-order valence-corrected chi connectivity index (χ4v) is 5.05. The van der Waals surface area contributed by atoms with Crippen LogP contribution in [0.4, 0.5) is 10.5 Å². The monoisotopic (exact) mass is 516 g/mol. The molecule has 3 aromatic rings. The SMILES string of the molecule is CCOC(=O)Nc1ccc2c(COC(=O)c3ccc(S(=O)(=O)N4CCOCC4)cc3)cc(=O)oc2c1. The number of rotatable bonds is 7. The number of carbonyl (C=O) groups is 2. The predicted molar refractivity (Wildman–Crippen MR) is 128 cm³/mol. The maximum atomic E-state index is 12.7. The molecule has 1 aromatic heterocycles. The fraction of sp³-hybridized carbons (Fsp3) is 0.292. The summed E-state index contributed by atoms with van der Waals surface area (Å²) in [5.74, 6) is -0.688. The molecule has 11 nitrogen and oxygen atoms in total. The minimum absolute atomic E-state index is 0.0693. The molecule has 12 heteroatoms. The highest BCUT2D eigenvalue weighted by molar-refractivity contribution is 7.89. The summed E-state index contributed by atoms with van der Waals surface area (Å²) in [6.45, 7) is 2.86. The van der Waals surface area contributed by atoms with Gasteiger partial charge in [0.15, 0.2) is 0 Å². The molecule has 190 valence electrons. The molecule has 0 atom stereocenters. The Hall–Kier alpha value is -3.74. The second kappa shape index (κ2) is 10.9. The Morgan fingerprint density at radius 1 is 1.03 bits per heavy atom. The molecule has 4 rings (SSSR count). The number of hydrogen-bond acceptors (Lipinski definition) is 9. The van der Waals surface area contributed by atoms with Crippen molar-refractivity contribution in [1.29, 1.82) is 0 Å². The number of hydrogen-bond donors (Lipinski definition) is 1. The van der Waals surface area contributed by atoms with E-state index in [1.165, 1.54) is 40.7 Å². The summed E-state index contributed by atoms with van der Waals surface area (Å²) in [6, 6.07) is 11.4. The lowest BCUT2D eigenvalue weighted by molar-refractivity contribution is 0.0473. The smallest absolute Gasteiger partial charge is 0.411 e. The number of nitrogens with zero attached hydrogens (tertiary/aromatic N) is 1. The minimum Gasteiger partial charge on any atom is -0.457 e. The number of sulfonamides is 1. The van der Waals surface area contributed by atoms with Crippen LogP contribution in [0.25, 0.3) is 11.0 Å². The summed E-state index contributed by atoms with van der Waals surface area (Å²) in [4.78, 5) is 36.3. The number of benzene rings is 2. The van der Waals surface area contributed by atoms with Crippen molar-refractivity contribution in [3.05, 3.63) is 70.1 Å². The first-order valence-corrected chi connectivity index (χ1v) is 12.6. The van der Waals surface area contributed by atoms with E-state index in [2.05, 4.69) is 5.32 Å². The number of nitrogens with one attached hydrogen (secondary N) is 1. The Bertz CT molecular complexity index is 1430. The van der Waals surface area contributed by atoms with Gasteiger partial charge in [-0.1, -0.05) is 0 Å². The molecule has 1 amide bonds. The quantitative estimate of drug-likeness (QED) is 0.370. The number of morpholine rings is 1. The molecule has 1 saturated heterocycles. The summed E-state index contributed by atoms with van der Waals surface area (Å²) in [5, 5.41) is 3.04. The number of ether oxygens (including phenoxy) is 3. The van der Waals surface area contributed by atoms with Gasteiger partial charge in [-0.15, -0.1) is 0 Å². The summed E-state index contributed by atoms with van der Waals surface area (Å²) in [7, 11) is -3.68.